The molecule has 4 rings (SSSR count). The van der Waals surface area contributed by atoms with Gasteiger partial charge in [-0.2, -0.15) is 4.98 Å². The van der Waals surface area contributed by atoms with E-state index in [9.17, 15) is 8.42 Å². The van der Waals surface area contributed by atoms with Gasteiger partial charge >= 0.3 is 0 Å². The number of hydrogen-bond acceptors (Lipinski definition) is 8. The molecule has 0 N–H and O–H groups in total. The van der Waals surface area contributed by atoms with Gasteiger partial charge in [-0.25, -0.2) is 8.42 Å². The lowest BCUT2D eigenvalue weighted by Gasteiger charge is -2.33. The highest BCUT2D eigenvalue weighted by Gasteiger charge is 2.19. The van der Waals surface area contributed by atoms with Gasteiger partial charge in [0.25, 0.3) is 0 Å². The Morgan fingerprint density at radius 2 is 1.64 bits per heavy atom. The zero-order valence-electron chi connectivity index (χ0n) is 19.1. The molecule has 0 saturated carbocycles. The summed E-state index contributed by atoms with van der Waals surface area (Å²) < 4.78 is 34.2. The SMILES string of the molecule is Cc1ccc(-c2noc(CN3CCN(CCCOc4ccc(S(C)(=O)=O)cc4)CC3)n2)cc1. The number of benzene rings is 2. The van der Waals surface area contributed by atoms with Crippen molar-refractivity contribution in [2.75, 3.05) is 45.6 Å². The van der Waals surface area contributed by atoms with E-state index in [0.29, 0.717) is 35.5 Å². The Labute approximate surface area is 195 Å². The van der Waals surface area contributed by atoms with Crippen molar-refractivity contribution in [3.05, 3.63) is 60.0 Å². The molecule has 1 aliphatic rings. The number of ether oxygens (including phenoxy) is 1. The molecule has 8 nitrogen and oxygen atoms in total. The highest BCUT2D eigenvalue weighted by Crippen LogP contribution is 2.18. The van der Waals surface area contributed by atoms with Crippen molar-refractivity contribution in [2.24, 2.45) is 0 Å². The molecule has 0 amide bonds. The van der Waals surface area contributed by atoms with E-state index in [2.05, 4.69) is 26.9 Å². The van der Waals surface area contributed by atoms with E-state index in [1.165, 1.54) is 11.8 Å². The Bertz CT molecular complexity index is 1140. The van der Waals surface area contributed by atoms with Crippen LogP contribution in [0.5, 0.6) is 5.75 Å². The highest BCUT2D eigenvalue weighted by atomic mass is 32.2. The Kier molecular flexibility index (Phi) is 7.42. The molecule has 176 valence electrons. The number of sulfone groups is 1. The lowest BCUT2D eigenvalue weighted by Crippen LogP contribution is -2.46. The van der Waals surface area contributed by atoms with Crippen LogP contribution >= 0.6 is 0 Å². The predicted octanol–water partition coefficient (Wildman–Crippen LogP) is 3.04. The van der Waals surface area contributed by atoms with Crippen LogP contribution in [0.1, 0.15) is 17.9 Å². The molecule has 0 aliphatic carbocycles. The first-order valence-electron chi connectivity index (χ1n) is 11.1. The highest BCUT2D eigenvalue weighted by molar-refractivity contribution is 7.90. The second-order valence-electron chi connectivity index (χ2n) is 8.44. The van der Waals surface area contributed by atoms with Crippen LogP contribution in [-0.2, 0) is 16.4 Å². The first-order valence-corrected chi connectivity index (χ1v) is 13.0. The van der Waals surface area contributed by atoms with Crippen molar-refractivity contribution >= 4 is 9.84 Å². The van der Waals surface area contributed by atoms with E-state index in [1.54, 1.807) is 24.3 Å². The van der Waals surface area contributed by atoms with Crippen molar-refractivity contribution < 1.29 is 17.7 Å². The molecule has 0 bridgehead atoms. The Balaban J connectivity index is 1.15. The third-order valence-corrected chi connectivity index (χ3v) is 6.87. The van der Waals surface area contributed by atoms with Gasteiger partial charge in [-0.05, 0) is 37.6 Å². The molecule has 3 aromatic rings. The molecule has 0 unspecified atom stereocenters. The van der Waals surface area contributed by atoms with Crippen LogP contribution in [-0.4, -0.2) is 73.9 Å². The van der Waals surface area contributed by atoms with Crippen LogP contribution in [0.25, 0.3) is 11.4 Å². The average Bonchev–Trinajstić information content (AvgIpc) is 3.26. The number of aromatic nitrogens is 2. The number of rotatable bonds is 9. The van der Waals surface area contributed by atoms with E-state index in [4.69, 9.17) is 9.26 Å². The molecule has 2 aromatic carbocycles. The predicted molar refractivity (Wildman–Crippen MR) is 126 cm³/mol. The molecule has 1 aromatic heterocycles. The van der Waals surface area contributed by atoms with Crippen LogP contribution < -0.4 is 4.74 Å². The summed E-state index contributed by atoms with van der Waals surface area (Å²) in [4.78, 5) is 9.62. The van der Waals surface area contributed by atoms with Gasteiger partial charge in [0.2, 0.25) is 11.7 Å². The van der Waals surface area contributed by atoms with E-state index < -0.39 is 9.84 Å². The minimum absolute atomic E-state index is 0.305. The van der Waals surface area contributed by atoms with E-state index in [1.807, 2.05) is 24.3 Å². The van der Waals surface area contributed by atoms with Crippen LogP contribution in [0, 0.1) is 6.92 Å². The fourth-order valence-electron chi connectivity index (χ4n) is 3.76. The van der Waals surface area contributed by atoms with E-state index in [-0.39, 0.29) is 0 Å². The van der Waals surface area contributed by atoms with E-state index >= 15 is 0 Å². The third kappa shape index (κ3) is 6.63. The van der Waals surface area contributed by atoms with Crippen LogP contribution in [0.2, 0.25) is 0 Å². The quantitative estimate of drug-likeness (QED) is 0.441. The monoisotopic (exact) mass is 470 g/mol. The van der Waals surface area contributed by atoms with Gasteiger partial charge in [-0.1, -0.05) is 35.0 Å². The van der Waals surface area contributed by atoms with Crippen molar-refractivity contribution in [1.82, 2.24) is 19.9 Å². The topological polar surface area (TPSA) is 88.8 Å². The Morgan fingerprint density at radius 1 is 0.970 bits per heavy atom. The minimum atomic E-state index is -3.18. The fourth-order valence-corrected chi connectivity index (χ4v) is 4.39. The molecule has 1 fully saturated rings. The lowest BCUT2D eigenvalue weighted by molar-refractivity contribution is 0.112. The van der Waals surface area contributed by atoms with Crippen molar-refractivity contribution in [3.63, 3.8) is 0 Å². The summed E-state index contributed by atoms with van der Waals surface area (Å²) >= 11 is 0. The Morgan fingerprint density at radius 3 is 2.30 bits per heavy atom. The van der Waals surface area contributed by atoms with Crippen LogP contribution in [0.15, 0.2) is 57.9 Å². The second-order valence-corrected chi connectivity index (χ2v) is 10.5. The normalized spacial score (nSPS) is 15.6. The molecule has 0 spiro atoms. The largest absolute Gasteiger partial charge is 0.494 e. The number of piperazine rings is 1. The Hall–Kier alpha value is -2.75. The standard InChI is InChI=1S/C24H30N4O4S/c1-19-4-6-20(7-5-19)24-25-23(32-26-24)18-28-15-13-27(14-16-28)12-3-17-31-21-8-10-22(11-9-21)33(2,29)30/h4-11H,3,12-18H2,1-2H3. The summed E-state index contributed by atoms with van der Waals surface area (Å²) in [7, 11) is -3.18. The zero-order chi connectivity index (χ0) is 23.3. The molecule has 0 radical (unpaired) electrons. The van der Waals surface area contributed by atoms with Gasteiger partial charge < -0.3 is 14.2 Å². The minimum Gasteiger partial charge on any atom is -0.494 e. The fraction of sp³-hybridized carbons (Fsp3) is 0.417. The maximum atomic E-state index is 11.5. The number of hydrogen-bond donors (Lipinski definition) is 0. The smallest absolute Gasteiger partial charge is 0.241 e. The summed E-state index contributed by atoms with van der Waals surface area (Å²) in [6.07, 6.45) is 2.12. The van der Waals surface area contributed by atoms with Crippen molar-refractivity contribution in [3.8, 4) is 17.1 Å². The van der Waals surface area contributed by atoms with Crippen molar-refractivity contribution in [2.45, 2.75) is 24.8 Å². The summed E-state index contributed by atoms with van der Waals surface area (Å²) in [5.41, 5.74) is 2.17. The summed E-state index contributed by atoms with van der Waals surface area (Å²) in [6, 6.07) is 14.7. The summed E-state index contributed by atoms with van der Waals surface area (Å²) in [5, 5.41) is 4.12. The first kappa shape index (κ1) is 23.4. The second kappa shape index (κ2) is 10.5. The third-order valence-electron chi connectivity index (χ3n) is 5.74. The maximum absolute atomic E-state index is 11.5. The molecule has 9 heteroatoms. The number of aryl methyl sites for hydroxylation is 1. The van der Waals surface area contributed by atoms with Gasteiger partial charge in [0, 0.05) is 44.5 Å². The lowest BCUT2D eigenvalue weighted by atomic mass is 10.1. The van der Waals surface area contributed by atoms with Gasteiger partial charge in [0.15, 0.2) is 9.84 Å². The zero-order valence-corrected chi connectivity index (χ0v) is 19.9. The van der Waals surface area contributed by atoms with Gasteiger partial charge in [-0.3, -0.25) is 4.90 Å². The van der Waals surface area contributed by atoms with Crippen LogP contribution in [0.3, 0.4) is 0 Å². The first-order chi connectivity index (χ1) is 15.9. The van der Waals surface area contributed by atoms with Gasteiger partial charge in [0.1, 0.15) is 5.75 Å². The van der Waals surface area contributed by atoms with Gasteiger partial charge in [0.05, 0.1) is 18.0 Å². The van der Waals surface area contributed by atoms with Gasteiger partial charge in [-0.15, -0.1) is 0 Å². The molecular weight excluding hydrogens is 440 g/mol. The summed E-state index contributed by atoms with van der Waals surface area (Å²) in [6.45, 7) is 8.17. The summed E-state index contributed by atoms with van der Waals surface area (Å²) in [5.74, 6) is 1.97. The molecule has 0 atom stereocenters. The van der Waals surface area contributed by atoms with E-state index in [0.717, 1.165) is 44.7 Å². The van der Waals surface area contributed by atoms with Crippen molar-refractivity contribution in [1.29, 1.82) is 0 Å². The molecular formula is C24H30N4O4S. The maximum Gasteiger partial charge on any atom is 0.241 e. The number of nitrogens with zero attached hydrogens (tertiary/aromatic N) is 4. The molecule has 1 aliphatic heterocycles. The van der Waals surface area contributed by atoms with Crippen LogP contribution in [0.4, 0.5) is 0 Å². The average molecular weight is 471 g/mol. The molecule has 33 heavy (non-hydrogen) atoms. The molecule has 2 heterocycles. The molecule has 1 saturated heterocycles.